The summed E-state index contributed by atoms with van der Waals surface area (Å²) in [5, 5.41) is 4.30. The van der Waals surface area contributed by atoms with Gasteiger partial charge in [-0.05, 0) is 24.3 Å². The molecule has 132 valence electrons. The molecule has 0 atom stereocenters. The third-order valence-corrected chi connectivity index (χ3v) is 4.31. The molecule has 3 rings (SSSR count). The Morgan fingerprint density at radius 3 is 2.62 bits per heavy atom. The maximum atomic E-state index is 12.4. The fourth-order valence-electron chi connectivity index (χ4n) is 2.75. The van der Waals surface area contributed by atoms with Crippen molar-refractivity contribution in [2.45, 2.75) is 13.3 Å². The Balaban J connectivity index is 1.71. The Kier molecular flexibility index (Phi) is 5.49. The molecule has 0 aliphatic carbocycles. The van der Waals surface area contributed by atoms with Crippen LogP contribution in [0.15, 0.2) is 60.8 Å². The number of aromatic nitrogens is 1. The van der Waals surface area contributed by atoms with Gasteiger partial charge in [0.15, 0.2) is 0 Å². The SMILES string of the molecule is CC(=O)N(CCC(=O)Nc1cccc2cccnc12)c1ccccc1Cl. The monoisotopic (exact) mass is 367 g/mol. The number of pyridine rings is 1. The summed E-state index contributed by atoms with van der Waals surface area (Å²) in [6.45, 7) is 1.69. The third-order valence-electron chi connectivity index (χ3n) is 3.99. The number of amides is 2. The van der Waals surface area contributed by atoms with Crippen LogP contribution >= 0.6 is 11.6 Å². The number of para-hydroxylation sites is 2. The van der Waals surface area contributed by atoms with Crippen molar-refractivity contribution >= 4 is 45.7 Å². The maximum Gasteiger partial charge on any atom is 0.226 e. The highest BCUT2D eigenvalue weighted by molar-refractivity contribution is 6.33. The highest BCUT2D eigenvalue weighted by Crippen LogP contribution is 2.26. The number of rotatable bonds is 5. The van der Waals surface area contributed by atoms with Crippen LogP contribution in [0.2, 0.25) is 5.02 Å². The largest absolute Gasteiger partial charge is 0.324 e. The van der Waals surface area contributed by atoms with Gasteiger partial charge < -0.3 is 10.2 Å². The molecule has 6 heteroatoms. The van der Waals surface area contributed by atoms with E-state index in [-0.39, 0.29) is 24.8 Å². The van der Waals surface area contributed by atoms with Crippen molar-refractivity contribution in [3.05, 3.63) is 65.8 Å². The van der Waals surface area contributed by atoms with E-state index in [9.17, 15) is 9.59 Å². The maximum absolute atomic E-state index is 12.4. The van der Waals surface area contributed by atoms with Gasteiger partial charge in [0.1, 0.15) is 0 Å². The summed E-state index contributed by atoms with van der Waals surface area (Å²) in [6, 6.07) is 16.5. The first-order valence-corrected chi connectivity index (χ1v) is 8.60. The fraction of sp³-hybridized carbons (Fsp3) is 0.150. The van der Waals surface area contributed by atoms with Crippen LogP contribution in [0.4, 0.5) is 11.4 Å². The Bertz CT molecular complexity index is 953. The van der Waals surface area contributed by atoms with Gasteiger partial charge >= 0.3 is 0 Å². The molecule has 0 fully saturated rings. The van der Waals surface area contributed by atoms with Crippen LogP contribution in [0, 0.1) is 0 Å². The first kappa shape index (κ1) is 17.9. The minimum Gasteiger partial charge on any atom is -0.324 e. The average Bonchev–Trinajstić information content (AvgIpc) is 2.63. The van der Waals surface area contributed by atoms with E-state index in [1.165, 1.54) is 11.8 Å². The van der Waals surface area contributed by atoms with Gasteiger partial charge in [-0.25, -0.2) is 0 Å². The van der Waals surface area contributed by atoms with Gasteiger partial charge in [-0.3, -0.25) is 14.6 Å². The normalized spacial score (nSPS) is 10.5. The highest BCUT2D eigenvalue weighted by atomic mass is 35.5. The Labute approximate surface area is 156 Å². The number of nitrogens with zero attached hydrogens (tertiary/aromatic N) is 2. The third kappa shape index (κ3) is 4.00. The second-order valence-corrected chi connectivity index (χ2v) is 6.21. The van der Waals surface area contributed by atoms with Crippen LogP contribution in [0.3, 0.4) is 0 Å². The summed E-state index contributed by atoms with van der Waals surface area (Å²) >= 11 is 6.17. The minimum absolute atomic E-state index is 0.147. The first-order valence-electron chi connectivity index (χ1n) is 8.22. The van der Waals surface area contributed by atoms with Gasteiger partial charge in [0.05, 0.1) is 21.9 Å². The van der Waals surface area contributed by atoms with Crippen LogP contribution in [-0.2, 0) is 9.59 Å². The predicted molar refractivity (Wildman–Crippen MR) is 104 cm³/mol. The summed E-state index contributed by atoms with van der Waals surface area (Å²) in [5.41, 5.74) is 1.99. The molecule has 2 aromatic carbocycles. The van der Waals surface area contributed by atoms with Crippen LogP contribution in [0.5, 0.6) is 0 Å². The molecule has 1 heterocycles. The number of benzene rings is 2. The van der Waals surface area contributed by atoms with Crippen molar-refractivity contribution in [2.24, 2.45) is 0 Å². The van der Waals surface area contributed by atoms with Crippen LogP contribution in [0.25, 0.3) is 10.9 Å². The van der Waals surface area contributed by atoms with Crippen molar-refractivity contribution < 1.29 is 9.59 Å². The number of halogens is 1. The molecule has 0 radical (unpaired) electrons. The van der Waals surface area contributed by atoms with Gasteiger partial charge in [0.2, 0.25) is 11.8 Å². The van der Waals surface area contributed by atoms with Crippen LogP contribution in [-0.4, -0.2) is 23.3 Å². The number of nitrogens with one attached hydrogen (secondary N) is 1. The van der Waals surface area contributed by atoms with Crippen molar-refractivity contribution in [3.63, 3.8) is 0 Å². The van der Waals surface area contributed by atoms with E-state index < -0.39 is 0 Å². The lowest BCUT2D eigenvalue weighted by Gasteiger charge is -2.22. The van der Waals surface area contributed by atoms with Crippen LogP contribution < -0.4 is 10.2 Å². The summed E-state index contributed by atoms with van der Waals surface area (Å²) in [4.78, 5) is 30.2. The summed E-state index contributed by atoms with van der Waals surface area (Å²) in [5.74, 6) is -0.362. The average molecular weight is 368 g/mol. The molecular formula is C20H18ClN3O2. The van der Waals surface area contributed by atoms with Crippen molar-refractivity contribution in [2.75, 3.05) is 16.8 Å². The smallest absolute Gasteiger partial charge is 0.226 e. The second kappa shape index (κ2) is 7.97. The molecular weight excluding hydrogens is 350 g/mol. The molecule has 1 aromatic heterocycles. The van der Waals surface area contributed by atoms with E-state index in [1.807, 2.05) is 30.3 Å². The lowest BCUT2D eigenvalue weighted by atomic mass is 10.2. The zero-order chi connectivity index (χ0) is 18.5. The number of carbonyl (C=O) groups is 2. The van der Waals surface area contributed by atoms with E-state index in [0.717, 1.165) is 10.9 Å². The van der Waals surface area contributed by atoms with Gasteiger partial charge in [-0.2, -0.15) is 0 Å². The van der Waals surface area contributed by atoms with Crippen LogP contribution in [0.1, 0.15) is 13.3 Å². The molecule has 0 saturated carbocycles. The minimum atomic E-state index is -0.193. The van der Waals surface area contributed by atoms with E-state index in [4.69, 9.17) is 11.6 Å². The zero-order valence-corrected chi connectivity index (χ0v) is 15.0. The Hall–Kier alpha value is -2.92. The molecule has 0 aliphatic heterocycles. The number of carbonyl (C=O) groups excluding carboxylic acids is 2. The molecule has 0 aliphatic rings. The van der Waals surface area contributed by atoms with Crippen molar-refractivity contribution in [3.8, 4) is 0 Å². The topological polar surface area (TPSA) is 62.3 Å². The van der Waals surface area contributed by atoms with Gasteiger partial charge in [0, 0.05) is 31.5 Å². The molecule has 0 unspecified atom stereocenters. The molecule has 5 nitrogen and oxygen atoms in total. The lowest BCUT2D eigenvalue weighted by Crippen LogP contribution is -2.32. The molecule has 26 heavy (non-hydrogen) atoms. The van der Waals surface area contributed by atoms with Gasteiger partial charge in [-0.1, -0.05) is 41.9 Å². The molecule has 0 saturated heterocycles. The predicted octanol–water partition coefficient (Wildman–Crippen LogP) is 4.27. The first-order chi connectivity index (χ1) is 12.6. The zero-order valence-electron chi connectivity index (χ0n) is 14.3. The van der Waals surface area contributed by atoms with Gasteiger partial charge in [-0.15, -0.1) is 0 Å². The molecule has 1 N–H and O–H groups in total. The Morgan fingerprint density at radius 1 is 1.08 bits per heavy atom. The summed E-state index contributed by atoms with van der Waals surface area (Å²) < 4.78 is 0. The Morgan fingerprint density at radius 2 is 1.85 bits per heavy atom. The molecule has 0 bridgehead atoms. The summed E-state index contributed by atoms with van der Waals surface area (Å²) in [7, 11) is 0. The van der Waals surface area contributed by atoms with E-state index in [2.05, 4.69) is 10.3 Å². The fourth-order valence-corrected chi connectivity index (χ4v) is 2.99. The standard InChI is InChI=1S/C20H18ClN3O2/c1-14(25)24(18-10-3-2-8-16(18)21)13-11-19(26)23-17-9-4-6-15-7-5-12-22-20(15)17/h2-10,12H,11,13H2,1H3,(H,23,26). The lowest BCUT2D eigenvalue weighted by molar-refractivity contribution is -0.117. The number of fused-ring (bicyclic) bond motifs is 1. The highest BCUT2D eigenvalue weighted by Gasteiger charge is 2.16. The molecule has 3 aromatic rings. The number of hydrogen-bond donors (Lipinski definition) is 1. The quantitative estimate of drug-likeness (QED) is 0.732. The van der Waals surface area contributed by atoms with Crippen molar-refractivity contribution in [1.82, 2.24) is 4.98 Å². The molecule has 2 amide bonds. The van der Waals surface area contributed by atoms with E-state index >= 15 is 0 Å². The number of anilines is 2. The van der Waals surface area contributed by atoms with Crippen molar-refractivity contribution in [1.29, 1.82) is 0 Å². The number of hydrogen-bond acceptors (Lipinski definition) is 3. The van der Waals surface area contributed by atoms with E-state index in [0.29, 0.717) is 16.4 Å². The second-order valence-electron chi connectivity index (χ2n) is 5.80. The summed E-state index contributed by atoms with van der Waals surface area (Å²) in [6.07, 6.45) is 1.83. The van der Waals surface area contributed by atoms with Gasteiger partial charge in [0.25, 0.3) is 0 Å². The molecule has 0 spiro atoms. The van der Waals surface area contributed by atoms with E-state index in [1.54, 1.807) is 30.5 Å².